The normalized spacial score (nSPS) is 23.0. The van der Waals surface area contributed by atoms with Crippen molar-refractivity contribution < 1.29 is 4.79 Å². The predicted octanol–water partition coefficient (Wildman–Crippen LogP) is 2.22. The van der Waals surface area contributed by atoms with Gasteiger partial charge in [0.05, 0.1) is 4.83 Å². The van der Waals surface area contributed by atoms with Crippen molar-refractivity contribution in [2.75, 3.05) is 13.1 Å². The Hall–Kier alpha value is -0.670. The molecular weight excluding hydrogens is 254 g/mol. The van der Waals surface area contributed by atoms with Crippen LogP contribution < -0.4 is 0 Å². The van der Waals surface area contributed by atoms with Crippen molar-refractivity contribution in [2.24, 2.45) is 0 Å². The van der Waals surface area contributed by atoms with Gasteiger partial charge in [-0.1, -0.05) is 46.3 Å². The van der Waals surface area contributed by atoms with Gasteiger partial charge in [-0.25, -0.2) is 0 Å². The van der Waals surface area contributed by atoms with Gasteiger partial charge in [-0.15, -0.1) is 0 Å². The number of rotatable bonds is 2. The van der Waals surface area contributed by atoms with E-state index in [1.165, 1.54) is 5.56 Å². The summed E-state index contributed by atoms with van der Waals surface area (Å²) < 4.78 is 0. The first-order valence-electron chi connectivity index (χ1n) is 5.19. The number of carbonyl (C=O) groups is 1. The number of benzene rings is 1. The Bertz CT molecular complexity index is 339. The second-order valence-corrected chi connectivity index (χ2v) is 5.01. The molecule has 0 bridgehead atoms. The summed E-state index contributed by atoms with van der Waals surface area (Å²) in [5.41, 5.74) is 1.31. The lowest BCUT2D eigenvalue weighted by molar-refractivity contribution is -0.120. The quantitative estimate of drug-likeness (QED) is 0.766. The standard InChI is InChI=1S/C12H14BrNO/c13-11-9-14(7-6-12(11)15)8-10-4-2-1-3-5-10/h1-5,11H,6-9H2. The molecule has 0 amide bonds. The van der Waals surface area contributed by atoms with Crippen LogP contribution in [0.1, 0.15) is 12.0 Å². The Kier molecular flexibility index (Phi) is 3.54. The smallest absolute Gasteiger partial charge is 0.149 e. The Morgan fingerprint density at radius 2 is 2.07 bits per heavy atom. The van der Waals surface area contributed by atoms with Crippen molar-refractivity contribution in [1.82, 2.24) is 4.90 Å². The second-order valence-electron chi connectivity index (χ2n) is 3.90. The van der Waals surface area contributed by atoms with Gasteiger partial charge in [-0.2, -0.15) is 0 Å². The fraction of sp³-hybridized carbons (Fsp3) is 0.417. The van der Waals surface area contributed by atoms with E-state index in [0.29, 0.717) is 12.2 Å². The van der Waals surface area contributed by atoms with E-state index in [4.69, 9.17) is 0 Å². The molecule has 1 heterocycles. The molecule has 2 nitrogen and oxygen atoms in total. The Labute approximate surface area is 98.4 Å². The summed E-state index contributed by atoms with van der Waals surface area (Å²) in [6.07, 6.45) is 0.669. The second kappa shape index (κ2) is 4.90. The zero-order chi connectivity index (χ0) is 10.7. The largest absolute Gasteiger partial charge is 0.298 e. The number of alkyl halides is 1. The molecular formula is C12H14BrNO. The van der Waals surface area contributed by atoms with Crippen LogP contribution in [0.2, 0.25) is 0 Å². The zero-order valence-electron chi connectivity index (χ0n) is 8.53. The van der Waals surface area contributed by atoms with E-state index < -0.39 is 0 Å². The molecule has 0 N–H and O–H groups in total. The summed E-state index contributed by atoms with van der Waals surface area (Å²) in [5, 5.41) is 0. The van der Waals surface area contributed by atoms with Crippen molar-refractivity contribution in [3.05, 3.63) is 35.9 Å². The molecule has 0 aliphatic carbocycles. The number of likely N-dealkylation sites (tertiary alicyclic amines) is 1. The molecule has 0 saturated carbocycles. The average Bonchev–Trinajstić information content (AvgIpc) is 2.25. The van der Waals surface area contributed by atoms with Crippen LogP contribution in [0.5, 0.6) is 0 Å². The van der Waals surface area contributed by atoms with E-state index in [0.717, 1.165) is 19.6 Å². The molecule has 80 valence electrons. The van der Waals surface area contributed by atoms with Crippen LogP contribution in [0.4, 0.5) is 0 Å². The van der Waals surface area contributed by atoms with Gasteiger partial charge in [0.25, 0.3) is 0 Å². The van der Waals surface area contributed by atoms with Crippen molar-refractivity contribution in [1.29, 1.82) is 0 Å². The first-order valence-corrected chi connectivity index (χ1v) is 6.10. The number of hydrogen-bond donors (Lipinski definition) is 0. The van der Waals surface area contributed by atoms with Crippen molar-refractivity contribution in [3.63, 3.8) is 0 Å². The summed E-state index contributed by atoms with van der Waals surface area (Å²) in [4.78, 5) is 13.7. The van der Waals surface area contributed by atoms with Gasteiger partial charge in [0, 0.05) is 26.1 Å². The van der Waals surface area contributed by atoms with Gasteiger partial charge in [0.15, 0.2) is 0 Å². The molecule has 1 atom stereocenters. The van der Waals surface area contributed by atoms with Gasteiger partial charge < -0.3 is 0 Å². The van der Waals surface area contributed by atoms with Gasteiger partial charge in [-0.3, -0.25) is 9.69 Å². The number of ketones is 1. The molecule has 3 heteroatoms. The molecule has 1 aliphatic heterocycles. The molecule has 1 unspecified atom stereocenters. The van der Waals surface area contributed by atoms with Crippen LogP contribution in [0, 0.1) is 0 Å². The first kappa shape index (κ1) is 10.8. The topological polar surface area (TPSA) is 20.3 Å². The molecule has 1 aromatic carbocycles. The highest BCUT2D eigenvalue weighted by atomic mass is 79.9. The van der Waals surface area contributed by atoms with E-state index in [-0.39, 0.29) is 4.83 Å². The number of Topliss-reactive ketones (excluding diaryl/α,β-unsaturated/α-hetero) is 1. The van der Waals surface area contributed by atoms with Crippen molar-refractivity contribution in [3.8, 4) is 0 Å². The number of carbonyl (C=O) groups excluding carboxylic acids is 1. The van der Waals surface area contributed by atoms with Crippen LogP contribution >= 0.6 is 15.9 Å². The Balaban J connectivity index is 1.94. The summed E-state index contributed by atoms with van der Waals surface area (Å²) in [6.45, 7) is 2.65. The third-order valence-corrected chi connectivity index (χ3v) is 3.49. The maximum atomic E-state index is 11.3. The molecule has 1 fully saturated rings. The molecule has 15 heavy (non-hydrogen) atoms. The van der Waals surface area contributed by atoms with Gasteiger partial charge in [-0.05, 0) is 5.56 Å². The zero-order valence-corrected chi connectivity index (χ0v) is 10.1. The summed E-state index contributed by atoms with van der Waals surface area (Å²) in [5.74, 6) is 0.333. The minimum Gasteiger partial charge on any atom is -0.298 e. The lowest BCUT2D eigenvalue weighted by Crippen LogP contribution is -2.40. The number of halogens is 1. The maximum absolute atomic E-state index is 11.3. The lowest BCUT2D eigenvalue weighted by atomic mass is 10.1. The van der Waals surface area contributed by atoms with Crippen molar-refractivity contribution >= 4 is 21.7 Å². The number of nitrogens with zero attached hydrogens (tertiary/aromatic N) is 1. The molecule has 2 rings (SSSR count). The highest BCUT2D eigenvalue weighted by Crippen LogP contribution is 2.16. The van der Waals surface area contributed by atoms with Crippen molar-refractivity contribution in [2.45, 2.75) is 17.8 Å². The highest BCUT2D eigenvalue weighted by molar-refractivity contribution is 9.10. The van der Waals surface area contributed by atoms with E-state index in [1.807, 2.05) is 6.07 Å². The van der Waals surface area contributed by atoms with E-state index in [9.17, 15) is 4.79 Å². The Morgan fingerprint density at radius 3 is 2.73 bits per heavy atom. The summed E-state index contributed by atoms with van der Waals surface area (Å²) in [6, 6.07) is 10.4. The molecule has 0 aromatic heterocycles. The van der Waals surface area contributed by atoms with Crippen LogP contribution in [0.25, 0.3) is 0 Å². The third-order valence-electron chi connectivity index (χ3n) is 2.69. The minimum absolute atomic E-state index is 0.0231. The molecule has 1 aromatic rings. The van der Waals surface area contributed by atoms with E-state index >= 15 is 0 Å². The van der Waals surface area contributed by atoms with E-state index in [2.05, 4.69) is 45.1 Å². The van der Waals surface area contributed by atoms with Crippen LogP contribution in [-0.4, -0.2) is 28.6 Å². The maximum Gasteiger partial charge on any atom is 0.149 e. The Morgan fingerprint density at radius 1 is 1.33 bits per heavy atom. The molecule has 0 spiro atoms. The monoisotopic (exact) mass is 267 g/mol. The SMILES string of the molecule is O=C1CCN(Cc2ccccc2)CC1Br. The summed E-state index contributed by atoms with van der Waals surface area (Å²) in [7, 11) is 0. The van der Waals surface area contributed by atoms with E-state index in [1.54, 1.807) is 0 Å². The fourth-order valence-corrected chi connectivity index (χ4v) is 2.47. The van der Waals surface area contributed by atoms with Gasteiger partial charge >= 0.3 is 0 Å². The summed E-state index contributed by atoms with van der Waals surface area (Å²) >= 11 is 3.42. The van der Waals surface area contributed by atoms with Crippen LogP contribution in [0.15, 0.2) is 30.3 Å². The average molecular weight is 268 g/mol. The molecule has 1 saturated heterocycles. The highest BCUT2D eigenvalue weighted by Gasteiger charge is 2.24. The van der Waals surface area contributed by atoms with Gasteiger partial charge in [0.1, 0.15) is 5.78 Å². The molecule has 0 radical (unpaired) electrons. The van der Waals surface area contributed by atoms with Gasteiger partial charge in [0.2, 0.25) is 0 Å². The predicted molar refractivity (Wildman–Crippen MR) is 64.1 cm³/mol. The lowest BCUT2D eigenvalue weighted by Gasteiger charge is -2.28. The van der Waals surface area contributed by atoms with Crippen LogP contribution in [0.3, 0.4) is 0 Å². The number of piperidine rings is 1. The fourth-order valence-electron chi connectivity index (χ4n) is 1.83. The first-order chi connectivity index (χ1) is 7.25. The van der Waals surface area contributed by atoms with Crippen LogP contribution in [-0.2, 0) is 11.3 Å². The molecule has 1 aliphatic rings. The third kappa shape index (κ3) is 2.89. The minimum atomic E-state index is 0.0231. The number of hydrogen-bond acceptors (Lipinski definition) is 2.